The van der Waals surface area contributed by atoms with Gasteiger partial charge in [0, 0.05) is 67.5 Å². The second-order valence-electron chi connectivity index (χ2n) is 16.7. The largest absolute Gasteiger partial charge is 0.386 e. The Kier molecular flexibility index (Phi) is 10.3. The standard InChI is InChI=1S/C43H51FN8O5/c1-43(2,57)32-23-33-28(22-34(32)45-40(54)27-7-5-8-29(44)21-27)25-51(47-33)31-13-11-26(12-14-31)24-48(3)30-17-19-50(20-18-30)35-9-6-10-36-39(35)49(4)42(56)52(36)37-15-16-38(53)46-41(37)55/h5-10,21-23,25-26,30-31,37,57H,11-20,24H2,1-4H3,(H,45,54)(H,46,53,55). The second-order valence-corrected chi connectivity index (χ2v) is 16.7. The normalized spacial score (nSPS) is 21.1. The number of nitrogens with one attached hydrogen (secondary N) is 2. The zero-order chi connectivity index (χ0) is 40.2. The monoisotopic (exact) mass is 778 g/mol. The highest BCUT2D eigenvalue weighted by Gasteiger charge is 2.33. The number of hydrogen-bond acceptors (Lipinski definition) is 8. The van der Waals surface area contributed by atoms with E-state index in [9.17, 15) is 28.7 Å². The van der Waals surface area contributed by atoms with Crippen LogP contribution in [0.1, 0.15) is 93.2 Å². The number of carbonyl (C=O) groups excluding carboxylic acids is 3. The van der Waals surface area contributed by atoms with Gasteiger partial charge in [0.2, 0.25) is 11.8 Å². The van der Waals surface area contributed by atoms with Crippen LogP contribution in [-0.2, 0) is 22.2 Å². The summed E-state index contributed by atoms with van der Waals surface area (Å²) >= 11 is 0. The number of aryl methyl sites for hydroxylation is 1. The third-order valence-electron chi connectivity index (χ3n) is 12.4. The Morgan fingerprint density at radius 3 is 2.44 bits per heavy atom. The van der Waals surface area contributed by atoms with E-state index >= 15 is 0 Å². The predicted molar refractivity (Wildman–Crippen MR) is 217 cm³/mol. The number of piperidine rings is 2. The Hall–Kier alpha value is -5.34. The van der Waals surface area contributed by atoms with Gasteiger partial charge in [0.25, 0.3) is 5.91 Å². The lowest BCUT2D eigenvalue weighted by Gasteiger charge is -2.40. The Labute approximate surface area is 330 Å². The van der Waals surface area contributed by atoms with Crippen molar-refractivity contribution in [3.63, 3.8) is 0 Å². The molecule has 2 aromatic heterocycles. The number of amides is 3. The van der Waals surface area contributed by atoms with Crippen molar-refractivity contribution >= 4 is 51.0 Å². The van der Waals surface area contributed by atoms with Crippen LogP contribution in [0.25, 0.3) is 21.9 Å². The topological polar surface area (TPSA) is 147 Å². The van der Waals surface area contributed by atoms with Crippen molar-refractivity contribution in [2.24, 2.45) is 13.0 Å². The first-order valence-corrected chi connectivity index (χ1v) is 20.1. The SMILES string of the molecule is CN(CC1CCC(n2cc3cc(NC(=O)c4cccc(F)c4)c(C(C)(C)O)cc3n2)CC1)C1CCN(c2cccc3c2n(C)c(=O)n3C2CCC(=O)NC2=O)CC1. The Balaban J connectivity index is 0.883. The van der Waals surface area contributed by atoms with Gasteiger partial charge >= 0.3 is 5.69 Å². The van der Waals surface area contributed by atoms with E-state index in [4.69, 9.17) is 5.10 Å². The van der Waals surface area contributed by atoms with Crippen LogP contribution in [0.3, 0.4) is 0 Å². The number of nitrogens with zero attached hydrogens (tertiary/aromatic N) is 6. The summed E-state index contributed by atoms with van der Waals surface area (Å²) in [4.78, 5) is 55.9. The van der Waals surface area contributed by atoms with Gasteiger partial charge in [-0.15, -0.1) is 0 Å². The van der Waals surface area contributed by atoms with E-state index in [0.717, 1.165) is 80.3 Å². The van der Waals surface area contributed by atoms with Crippen molar-refractivity contribution in [2.75, 3.05) is 36.9 Å². The minimum atomic E-state index is -1.25. The molecule has 3 aliphatic rings. The molecule has 1 atom stereocenters. The minimum absolute atomic E-state index is 0.198. The van der Waals surface area contributed by atoms with Crippen LogP contribution in [0, 0.1) is 11.7 Å². The van der Waals surface area contributed by atoms with E-state index in [1.165, 1.54) is 18.2 Å². The number of para-hydroxylation sites is 1. The fraction of sp³-hybridized carbons (Fsp3) is 0.465. The Bertz CT molecular complexity index is 2410. The summed E-state index contributed by atoms with van der Waals surface area (Å²) in [5.74, 6) is -1.10. The Morgan fingerprint density at radius 1 is 1.00 bits per heavy atom. The number of hydrogen-bond donors (Lipinski definition) is 3. The van der Waals surface area contributed by atoms with Gasteiger partial charge in [0.05, 0.1) is 33.9 Å². The lowest BCUT2D eigenvalue weighted by molar-refractivity contribution is -0.135. The van der Waals surface area contributed by atoms with E-state index in [0.29, 0.717) is 35.1 Å². The highest BCUT2D eigenvalue weighted by molar-refractivity contribution is 6.06. The number of imidazole rings is 1. The summed E-state index contributed by atoms with van der Waals surface area (Å²) in [5.41, 5.74) is 2.96. The molecule has 4 heterocycles. The van der Waals surface area contributed by atoms with E-state index in [-0.39, 0.29) is 29.6 Å². The van der Waals surface area contributed by atoms with E-state index in [1.807, 2.05) is 35.1 Å². The zero-order valence-electron chi connectivity index (χ0n) is 33.0. The maximum atomic E-state index is 13.8. The second kappa shape index (κ2) is 15.2. The molecular weight excluding hydrogens is 728 g/mol. The van der Waals surface area contributed by atoms with Crippen LogP contribution in [0.2, 0.25) is 0 Å². The number of fused-ring (bicyclic) bond motifs is 2. The van der Waals surface area contributed by atoms with Gasteiger partial charge in [0.15, 0.2) is 0 Å². The van der Waals surface area contributed by atoms with E-state index in [1.54, 1.807) is 36.1 Å². The van der Waals surface area contributed by atoms with Crippen LogP contribution in [-0.4, -0.2) is 79.4 Å². The number of rotatable bonds is 9. The molecule has 3 aromatic carbocycles. The number of aliphatic hydroxyl groups is 1. The Morgan fingerprint density at radius 2 is 1.74 bits per heavy atom. The lowest BCUT2D eigenvalue weighted by atomic mass is 9.85. The summed E-state index contributed by atoms with van der Waals surface area (Å²) in [5, 5.41) is 22.1. The van der Waals surface area contributed by atoms with Crippen molar-refractivity contribution in [3.05, 3.63) is 88.2 Å². The van der Waals surface area contributed by atoms with Gasteiger partial charge < -0.3 is 20.2 Å². The molecule has 57 heavy (non-hydrogen) atoms. The summed E-state index contributed by atoms with van der Waals surface area (Å²) in [7, 11) is 3.99. The van der Waals surface area contributed by atoms with Crippen molar-refractivity contribution in [1.82, 2.24) is 29.1 Å². The van der Waals surface area contributed by atoms with Crippen molar-refractivity contribution in [2.45, 2.75) is 88.9 Å². The molecular formula is C43H51FN8O5. The summed E-state index contributed by atoms with van der Waals surface area (Å²) in [6, 6.07) is 15.1. The lowest BCUT2D eigenvalue weighted by Crippen LogP contribution is -2.45. The highest BCUT2D eigenvalue weighted by atomic mass is 19.1. The van der Waals surface area contributed by atoms with Crippen LogP contribution in [0.5, 0.6) is 0 Å². The molecule has 1 aliphatic carbocycles. The molecule has 2 aliphatic heterocycles. The number of benzene rings is 3. The molecule has 13 nitrogen and oxygen atoms in total. The molecule has 14 heteroatoms. The molecule has 0 bridgehead atoms. The maximum absolute atomic E-state index is 13.8. The number of halogens is 1. The highest BCUT2D eigenvalue weighted by Crippen LogP contribution is 2.37. The third-order valence-corrected chi connectivity index (χ3v) is 12.4. The summed E-state index contributed by atoms with van der Waals surface area (Å²) < 4.78 is 19.0. The van der Waals surface area contributed by atoms with Gasteiger partial charge in [-0.1, -0.05) is 12.1 Å². The molecule has 3 N–H and O–H groups in total. The van der Waals surface area contributed by atoms with Crippen molar-refractivity contribution < 1.29 is 23.9 Å². The molecule has 0 spiro atoms. The molecule has 1 saturated carbocycles. The average molecular weight is 779 g/mol. The van der Waals surface area contributed by atoms with Crippen LogP contribution >= 0.6 is 0 Å². The third kappa shape index (κ3) is 7.60. The summed E-state index contributed by atoms with van der Waals surface area (Å²) in [6.45, 7) is 6.08. The van der Waals surface area contributed by atoms with Crippen molar-refractivity contribution in [3.8, 4) is 0 Å². The minimum Gasteiger partial charge on any atom is -0.386 e. The van der Waals surface area contributed by atoms with E-state index < -0.39 is 29.3 Å². The molecule has 1 unspecified atom stereocenters. The molecule has 3 amide bonds. The first-order chi connectivity index (χ1) is 27.2. The number of aromatic nitrogens is 4. The molecule has 5 aromatic rings. The van der Waals surface area contributed by atoms with Crippen LogP contribution < -0.4 is 21.2 Å². The van der Waals surface area contributed by atoms with Crippen molar-refractivity contribution in [1.29, 1.82) is 0 Å². The fourth-order valence-electron chi connectivity index (χ4n) is 9.31. The zero-order valence-corrected chi connectivity index (χ0v) is 33.0. The number of imide groups is 1. The quantitative estimate of drug-likeness (QED) is 0.164. The van der Waals surface area contributed by atoms with Gasteiger partial charge in [0.1, 0.15) is 11.9 Å². The van der Waals surface area contributed by atoms with Gasteiger partial charge in [-0.2, -0.15) is 5.10 Å². The molecule has 0 radical (unpaired) electrons. The van der Waals surface area contributed by atoms with Crippen LogP contribution in [0.4, 0.5) is 15.8 Å². The van der Waals surface area contributed by atoms with Gasteiger partial charge in [-0.05, 0) is 114 Å². The predicted octanol–water partition coefficient (Wildman–Crippen LogP) is 5.62. The average Bonchev–Trinajstić information content (AvgIpc) is 3.72. The molecule has 3 fully saturated rings. The molecule has 8 rings (SSSR count). The number of carbonyl (C=O) groups is 3. The first kappa shape index (κ1) is 38.5. The van der Waals surface area contributed by atoms with Gasteiger partial charge in [-0.3, -0.25) is 33.5 Å². The molecule has 2 saturated heterocycles. The van der Waals surface area contributed by atoms with Crippen LogP contribution in [0.15, 0.2) is 65.6 Å². The molecule has 300 valence electrons. The van der Waals surface area contributed by atoms with Gasteiger partial charge in [-0.25, -0.2) is 9.18 Å². The smallest absolute Gasteiger partial charge is 0.329 e. The number of anilines is 2. The maximum Gasteiger partial charge on any atom is 0.329 e. The summed E-state index contributed by atoms with van der Waals surface area (Å²) in [6.07, 6.45) is 8.74. The first-order valence-electron chi connectivity index (χ1n) is 20.1. The fourth-order valence-corrected chi connectivity index (χ4v) is 9.31. The van der Waals surface area contributed by atoms with E-state index in [2.05, 4.69) is 33.5 Å².